The van der Waals surface area contributed by atoms with E-state index in [0.29, 0.717) is 11.5 Å². The average Bonchev–Trinajstić information content (AvgIpc) is 3.52. The van der Waals surface area contributed by atoms with Crippen LogP contribution in [0.4, 0.5) is 5.69 Å². The van der Waals surface area contributed by atoms with Gasteiger partial charge in [0.1, 0.15) is 11.4 Å². The van der Waals surface area contributed by atoms with Gasteiger partial charge in [-0.05, 0) is 23.1 Å². The number of carbonyl (C=O) groups excluding carboxylic acids is 2. The van der Waals surface area contributed by atoms with Gasteiger partial charge < -0.3 is 25.2 Å². The molecule has 2 aliphatic rings. The fraction of sp³-hybridized carbons (Fsp3) is 0.440. The summed E-state index contributed by atoms with van der Waals surface area (Å²) >= 11 is 0.835. The van der Waals surface area contributed by atoms with Crippen molar-refractivity contribution in [2.45, 2.75) is 44.9 Å². The van der Waals surface area contributed by atoms with E-state index in [9.17, 15) is 23.1 Å². The molecule has 2 aromatic rings. The van der Waals surface area contributed by atoms with Crippen LogP contribution in [0.5, 0.6) is 17.2 Å². The summed E-state index contributed by atoms with van der Waals surface area (Å²) in [6, 6.07) is 5.06. The Kier molecular flexibility index (Phi) is 7.38. The number of thiophene rings is 1. The number of anilines is 1. The number of nitrogens with zero attached hydrogens (tertiary/aromatic N) is 2. The number of carbonyl (C=O) groups is 2. The SMILES string of the molecule is CCN(CC)S(=O)(=O)c1scc(NC2=C(N[C@@H](c3ccc4c(c3)OCO4)C(C)(C)C)C(=O)N(C)C2=O)c1O. The molecular weight excluding hydrogens is 532 g/mol. The molecule has 3 N–H and O–H groups in total. The Morgan fingerprint density at radius 2 is 1.74 bits per heavy atom. The first-order chi connectivity index (χ1) is 17.8. The van der Waals surface area contributed by atoms with Crippen molar-refractivity contribution < 1.29 is 32.6 Å². The van der Waals surface area contributed by atoms with Crippen molar-refractivity contribution in [3.05, 3.63) is 40.5 Å². The van der Waals surface area contributed by atoms with Gasteiger partial charge >= 0.3 is 0 Å². The predicted molar refractivity (Wildman–Crippen MR) is 142 cm³/mol. The third-order valence-corrected chi connectivity index (χ3v) is 9.98. The monoisotopic (exact) mass is 564 g/mol. The van der Waals surface area contributed by atoms with Crippen LogP contribution in [-0.4, -0.2) is 61.5 Å². The summed E-state index contributed by atoms with van der Waals surface area (Å²) < 4.78 is 37.9. The van der Waals surface area contributed by atoms with Gasteiger partial charge in [-0.25, -0.2) is 8.42 Å². The van der Waals surface area contributed by atoms with Crippen LogP contribution in [0.2, 0.25) is 0 Å². The molecule has 2 amide bonds. The number of benzene rings is 1. The molecule has 11 nitrogen and oxygen atoms in total. The van der Waals surface area contributed by atoms with E-state index in [1.54, 1.807) is 19.9 Å². The van der Waals surface area contributed by atoms with Crippen molar-refractivity contribution in [2.75, 3.05) is 32.2 Å². The highest BCUT2D eigenvalue weighted by molar-refractivity contribution is 7.91. The maximum absolute atomic E-state index is 13.2. The van der Waals surface area contributed by atoms with Crippen LogP contribution in [0.3, 0.4) is 0 Å². The van der Waals surface area contributed by atoms with Gasteiger partial charge in [-0.1, -0.05) is 40.7 Å². The second-order valence-corrected chi connectivity index (χ2v) is 13.0. The van der Waals surface area contributed by atoms with Gasteiger partial charge in [0, 0.05) is 25.5 Å². The molecule has 1 atom stereocenters. The van der Waals surface area contributed by atoms with E-state index in [2.05, 4.69) is 10.6 Å². The minimum absolute atomic E-state index is 0.00819. The van der Waals surface area contributed by atoms with Crippen molar-refractivity contribution in [2.24, 2.45) is 5.41 Å². The number of hydrogen-bond donors (Lipinski definition) is 3. The van der Waals surface area contributed by atoms with Crippen LogP contribution in [0, 0.1) is 5.41 Å². The van der Waals surface area contributed by atoms with Crippen molar-refractivity contribution in [1.82, 2.24) is 14.5 Å². The Morgan fingerprint density at radius 1 is 1.11 bits per heavy atom. The highest BCUT2D eigenvalue weighted by Crippen LogP contribution is 2.42. The largest absolute Gasteiger partial charge is 0.504 e. The van der Waals surface area contributed by atoms with Gasteiger partial charge in [0.05, 0.1) is 11.7 Å². The van der Waals surface area contributed by atoms with E-state index in [1.807, 2.05) is 32.9 Å². The molecule has 1 aromatic carbocycles. The number of hydrogen-bond acceptors (Lipinski definition) is 10. The first-order valence-corrected chi connectivity index (χ1v) is 14.4. The predicted octanol–water partition coefficient (Wildman–Crippen LogP) is 3.21. The lowest BCUT2D eigenvalue weighted by Crippen LogP contribution is -2.36. The Morgan fingerprint density at radius 3 is 2.37 bits per heavy atom. The van der Waals surface area contributed by atoms with Crippen LogP contribution in [0.15, 0.2) is 39.2 Å². The van der Waals surface area contributed by atoms with Crippen LogP contribution in [0.1, 0.15) is 46.2 Å². The summed E-state index contributed by atoms with van der Waals surface area (Å²) in [6.45, 7) is 9.98. The molecule has 0 bridgehead atoms. The Balaban J connectivity index is 1.73. The zero-order valence-electron chi connectivity index (χ0n) is 22.1. The molecule has 1 aromatic heterocycles. The van der Waals surface area contributed by atoms with Crippen molar-refractivity contribution >= 4 is 38.9 Å². The van der Waals surface area contributed by atoms with Gasteiger partial charge in [-0.3, -0.25) is 14.5 Å². The molecule has 38 heavy (non-hydrogen) atoms. The molecule has 4 rings (SSSR count). The van der Waals surface area contributed by atoms with Gasteiger partial charge in [0.2, 0.25) is 6.79 Å². The highest BCUT2D eigenvalue weighted by atomic mass is 32.2. The fourth-order valence-corrected chi connectivity index (χ4v) is 7.18. The summed E-state index contributed by atoms with van der Waals surface area (Å²) in [6.07, 6.45) is 0. The number of amides is 2. The molecule has 0 fully saturated rings. The number of nitrogens with one attached hydrogen (secondary N) is 2. The quantitative estimate of drug-likeness (QED) is 0.392. The normalized spacial score (nSPS) is 16.6. The summed E-state index contributed by atoms with van der Waals surface area (Å²) in [7, 11) is -2.57. The number of aromatic hydroxyl groups is 1. The van der Waals surface area contributed by atoms with Crippen molar-refractivity contribution in [3.63, 3.8) is 0 Å². The number of rotatable bonds is 9. The van der Waals surface area contributed by atoms with Crippen LogP contribution in [0.25, 0.3) is 0 Å². The molecule has 0 saturated heterocycles. The van der Waals surface area contributed by atoms with E-state index in [4.69, 9.17) is 9.47 Å². The lowest BCUT2D eigenvalue weighted by Gasteiger charge is -2.33. The Bertz CT molecular complexity index is 1410. The number of ether oxygens (including phenoxy) is 2. The van der Waals surface area contributed by atoms with Gasteiger partial charge in [-0.2, -0.15) is 4.31 Å². The minimum atomic E-state index is -3.93. The number of sulfonamides is 1. The van der Waals surface area contributed by atoms with E-state index in [1.165, 1.54) is 16.7 Å². The van der Waals surface area contributed by atoms with Crippen molar-refractivity contribution in [3.8, 4) is 17.2 Å². The highest BCUT2D eigenvalue weighted by Gasteiger charge is 2.40. The first kappa shape index (κ1) is 27.7. The zero-order chi connectivity index (χ0) is 28.0. The first-order valence-electron chi connectivity index (χ1n) is 12.1. The maximum atomic E-state index is 13.2. The maximum Gasteiger partial charge on any atom is 0.279 e. The molecule has 0 saturated carbocycles. The smallest absolute Gasteiger partial charge is 0.279 e. The molecule has 0 aliphatic carbocycles. The van der Waals surface area contributed by atoms with Crippen molar-refractivity contribution in [1.29, 1.82) is 0 Å². The molecule has 2 aliphatic heterocycles. The van der Waals surface area contributed by atoms with Gasteiger partial charge in [0.15, 0.2) is 21.5 Å². The van der Waals surface area contributed by atoms with E-state index >= 15 is 0 Å². The van der Waals surface area contributed by atoms with E-state index in [-0.39, 0.29) is 41.2 Å². The summed E-state index contributed by atoms with van der Waals surface area (Å²) in [4.78, 5) is 27.2. The molecule has 13 heteroatoms. The third-order valence-electron chi connectivity index (χ3n) is 6.44. The summed E-state index contributed by atoms with van der Waals surface area (Å²) in [5, 5.41) is 18.3. The number of likely N-dealkylation sites (N-methyl/N-ethyl adjacent to an activating group) is 1. The number of imide groups is 1. The molecular formula is C25H32N4O7S2. The standard InChI is InChI=1S/C25H32N4O7S2/c1-7-29(8-2)38(33,34)24-20(30)15(12-37-24)26-18-19(23(32)28(6)22(18)31)27-21(25(3,4)5)14-9-10-16-17(11-14)36-13-35-16/h9-12,21,26-27,30H,7-8,13H2,1-6H3/t21-/m0/s1. The molecule has 206 valence electrons. The van der Waals surface area contributed by atoms with Crippen LogP contribution >= 0.6 is 11.3 Å². The number of fused-ring (bicyclic) bond motifs is 1. The van der Waals surface area contributed by atoms with Crippen LogP contribution in [-0.2, 0) is 19.6 Å². The van der Waals surface area contributed by atoms with E-state index < -0.39 is 39.0 Å². The molecule has 3 heterocycles. The van der Waals surface area contributed by atoms with Crippen LogP contribution < -0.4 is 20.1 Å². The second-order valence-electron chi connectivity index (χ2n) is 9.98. The van der Waals surface area contributed by atoms with Gasteiger partial charge in [-0.15, -0.1) is 11.3 Å². The lowest BCUT2D eigenvalue weighted by molar-refractivity contribution is -0.136. The van der Waals surface area contributed by atoms with Gasteiger partial charge in [0.25, 0.3) is 21.8 Å². The summed E-state index contributed by atoms with van der Waals surface area (Å²) in [5.41, 5.74) is 0.337. The Labute approximate surface area is 226 Å². The average molecular weight is 565 g/mol. The topological polar surface area (TPSA) is 138 Å². The minimum Gasteiger partial charge on any atom is -0.504 e. The second kappa shape index (κ2) is 10.1. The molecule has 0 spiro atoms. The lowest BCUT2D eigenvalue weighted by atomic mass is 9.82. The fourth-order valence-electron chi connectivity index (χ4n) is 4.35. The third kappa shape index (κ3) is 4.81. The molecule has 0 unspecified atom stereocenters. The zero-order valence-corrected chi connectivity index (χ0v) is 23.7. The summed E-state index contributed by atoms with van der Waals surface area (Å²) in [5.74, 6) is -0.473. The molecule has 0 radical (unpaired) electrons. The Hall–Kier alpha value is -3.29. The van der Waals surface area contributed by atoms with E-state index in [0.717, 1.165) is 21.8 Å².